The first-order valence-electron chi connectivity index (χ1n) is 9.02. The van der Waals surface area contributed by atoms with E-state index < -0.39 is 0 Å². The van der Waals surface area contributed by atoms with Crippen LogP contribution in [0, 0.1) is 27.7 Å². The summed E-state index contributed by atoms with van der Waals surface area (Å²) in [5.41, 5.74) is 7.71. The first-order chi connectivity index (χ1) is 12.0. The molecule has 0 aliphatic carbocycles. The fourth-order valence-corrected chi connectivity index (χ4v) is 3.62. The molecule has 0 unspecified atom stereocenters. The van der Waals surface area contributed by atoms with Gasteiger partial charge < -0.3 is 4.90 Å². The standard InChI is InChI=1S/C20H27N5/c1-7-9-24(8-2)17-12-16(6)23-25-19(17)21-22-20(25)18-14(4)10-13(3)11-15(18)5/h10-12H,7-9H2,1-6H3. The maximum Gasteiger partial charge on any atom is 0.201 e. The second kappa shape index (κ2) is 6.82. The number of hydrogen-bond acceptors (Lipinski definition) is 4. The van der Waals surface area contributed by atoms with Gasteiger partial charge in [-0.1, -0.05) is 24.6 Å². The van der Waals surface area contributed by atoms with Crippen molar-refractivity contribution in [2.75, 3.05) is 18.0 Å². The fraction of sp³-hybridized carbons (Fsp3) is 0.450. The smallest absolute Gasteiger partial charge is 0.201 e. The van der Waals surface area contributed by atoms with Crippen molar-refractivity contribution in [1.29, 1.82) is 0 Å². The van der Waals surface area contributed by atoms with Gasteiger partial charge in [-0.15, -0.1) is 10.2 Å². The number of aromatic nitrogens is 4. The summed E-state index contributed by atoms with van der Waals surface area (Å²) in [6, 6.07) is 6.49. The first kappa shape index (κ1) is 17.4. The van der Waals surface area contributed by atoms with Crippen LogP contribution in [-0.4, -0.2) is 32.9 Å². The van der Waals surface area contributed by atoms with Gasteiger partial charge in [0.2, 0.25) is 5.65 Å². The van der Waals surface area contributed by atoms with Crippen molar-refractivity contribution in [2.45, 2.75) is 48.0 Å². The molecule has 0 aliphatic heterocycles. The maximum atomic E-state index is 4.72. The lowest BCUT2D eigenvalue weighted by molar-refractivity contribution is 0.783. The summed E-state index contributed by atoms with van der Waals surface area (Å²) in [6.07, 6.45) is 1.10. The average molecular weight is 337 g/mol. The molecule has 5 nitrogen and oxygen atoms in total. The fourth-order valence-electron chi connectivity index (χ4n) is 3.62. The topological polar surface area (TPSA) is 46.3 Å². The lowest BCUT2D eigenvalue weighted by Gasteiger charge is -2.22. The van der Waals surface area contributed by atoms with E-state index in [9.17, 15) is 0 Å². The zero-order valence-electron chi connectivity index (χ0n) is 16.1. The van der Waals surface area contributed by atoms with E-state index in [1.165, 1.54) is 16.7 Å². The molecule has 0 saturated carbocycles. The molecule has 0 N–H and O–H groups in total. The quantitative estimate of drug-likeness (QED) is 0.698. The molecule has 3 aromatic rings. The molecule has 25 heavy (non-hydrogen) atoms. The van der Waals surface area contributed by atoms with Gasteiger partial charge >= 0.3 is 0 Å². The highest BCUT2D eigenvalue weighted by Crippen LogP contribution is 2.29. The van der Waals surface area contributed by atoms with Crippen LogP contribution in [0.1, 0.15) is 42.7 Å². The van der Waals surface area contributed by atoms with Crippen LogP contribution in [0.15, 0.2) is 18.2 Å². The molecule has 2 heterocycles. The highest BCUT2D eigenvalue weighted by Gasteiger charge is 2.19. The van der Waals surface area contributed by atoms with E-state index in [1.807, 2.05) is 11.4 Å². The monoisotopic (exact) mass is 337 g/mol. The molecule has 0 bridgehead atoms. The van der Waals surface area contributed by atoms with E-state index in [4.69, 9.17) is 5.10 Å². The van der Waals surface area contributed by atoms with E-state index in [2.05, 4.69) is 67.9 Å². The van der Waals surface area contributed by atoms with Crippen LogP contribution in [-0.2, 0) is 0 Å². The largest absolute Gasteiger partial charge is 0.369 e. The zero-order valence-corrected chi connectivity index (χ0v) is 16.1. The lowest BCUT2D eigenvalue weighted by Crippen LogP contribution is -2.24. The van der Waals surface area contributed by atoms with Crippen LogP contribution in [0.5, 0.6) is 0 Å². The molecule has 0 fully saturated rings. The molecule has 2 aromatic heterocycles. The van der Waals surface area contributed by atoms with Crippen molar-refractivity contribution in [3.05, 3.63) is 40.6 Å². The number of aryl methyl sites for hydroxylation is 4. The summed E-state index contributed by atoms with van der Waals surface area (Å²) >= 11 is 0. The van der Waals surface area contributed by atoms with Crippen LogP contribution in [0.25, 0.3) is 17.0 Å². The molecule has 0 spiro atoms. The molecular formula is C20H27N5. The minimum atomic E-state index is 0.822. The Kier molecular flexibility index (Phi) is 4.75. The molecular weight excluding hydrogens is 310 g/mol. The van der Waals surface area contributed by atoms with Gasteiger partial charge in [-0.3, -0.25) is 0 Å². The Balaban J connectivity index is 2.25. The highest BCUT2D eigenvalue weighted by molar-refractivity contribution is 5.74. The van der Waals surface area contributed by atoms with Crippen LogP contribution >= 0.6 is 0 Å². The molecule has 1 aromatic carbocycles. The van der Waals surface area contributed by atoms with Gasteiger partial charge in [-0.2, -0.15) is 9.61 Å². The van der Waals surface area contributed by atoms with E-state index in [0.29, 0.717) is 0 Å². The van der Waals surface area contributed by atoms with Gasteiger partial charge in [0.05, 0.1) is 11.4 Å². The Morgan fingerprint density at radius 2 is 1.64 bits per heavy atom. The third kappa shape index (κ3) is 3.11. The highest BCUT2D eigenvalue weighted by atomic mass is 15.4. The number of anilines is 1. The van der Waals surface area contributed by atoms with Crippen LogP contribution in [0.4, 0.5) is 5.69 Å². The SMILES string of the molecule is CCCN(CC)c1cc(C)nn2c(-c3c(C)cc(C)cc3C)nnc12. The number of hydrogen-bond donors (Lipinski definition) is 0. The van der Waals surface area contributed by atoms with Crippen molar-refractivity contribution in [1.82, 2.24) is 19.8 Å². The van der Waals surface area contributed by atoms with Crippen molar-refractivity contribution >= 4 is 11.3 Å². The Morgan fingerprint density at radius 3 is 2.24 bits per heavy atom. The molecule has 0 amide bonds. The predicted molar refractivity (Wildman–Crippen MR) is 103 cm³/mol. The number of benzene rings is 1. The normalized spacial score (nSPS) is 11.3. The van der Waals surface area contributed by atoms with Gasteiger partial charge in [-0.25, -0.2) is 0 Å². The molecule has 0 saturated heterocycles. The van der Waals surface area contributed by atoms with E-state index >= 15 is 0 Å². The lowest BCUT2D eigenvalue weighted by atomic mass is 9.99. The Hall–Kier alpha value is -2.43. The van der Waals surface area contributed by atoms with Gasteiger partial charge in [-0.05, 0) is 58.2 Å². The summed E-state index contributed by atoms with van der Waals surface area (Å²) in [4.78, 5) is 2.34. The molecule has 0 radical (unpaired) electrons. The Labute approximate surface area is 149 Å². The van der Waals surface area contributed by atoms with Crippen molar-refractivity contribution in [2.24, 2.45) is 0 Å². The third-order valence-corrected chi connectivity index (χ3v) is 4.59. The minimum absolute atomic E-state index is 0.822. The van der Waals surface area contributed by atoms with Gasteiger partial charge in [0.1, 0.15) is 0 Å². The molecule has 0 atom stereocenters. The van der Waals surface area contributed by atoms with E-state index in [1.54, 1.807) is 0 Å². The van der Waals surface area contributed by atoms with Gasteiger partial charge in [0, 0.05) is 18.7 Å². The Morgan fingerprint density at radius 1 is 0.960 bits per heavy atom. The Bertz CT molecular complexity index is 887. The molecule has 132 valence electrons. The second-order valence-corrected chi connectivity index (χ2v) is 6.78. The van der Waals surface area contributed by atoms with E-state index in [-0.39, 0.29) is 0 Å². The molecule has 3 rings (SSSR count). The maximum absolute atomic E-state index is 4.72. The summed E-state index contributed by atoms with van der Waals surface area (Å²) in [7, 11) is 0. The summed E-state index contributed by atoms with van der Waals surface area (Å²) in [6.45, 7) is 14.7. The predicted octanol–water partition coefficient (Wildman–Crippen LogP) is 4.26. The number of rotatable bonds is 5. The minimum Gasteiger partial charge on any atom is -0.369 e. The van der Waals surface area contributed by atoms with Gasteiger partial charge in [0.25, 0.3) is 0 Å². The first-order valence-corrected chi connectivity index (χ1v) is 9.02. The zero-order chi connectivity index (χ0) is 18.1. The van der Waals surface area contributed by atoms with E-state index in [0.717, 1.165) is 47.9 Å². The average Bonchev–Trinajstić information content (AvgIpc) is 2.94. The number of fused-ring (bicyclic) bond motifs is 1. The van der Waals surface area contributed by atoms with Crippen molar-refractivity contribution < 1.29 is 0 Å². The van der Waals surface area contributed by atoms with Gasteiger partial charge in [0.15, 0.2) is 5.82 Å². The van der Waals surface area contributed by atoms with Crippen LogP contribution in [0.3, 0.4) is 0 Å². The van der Waals surface area contributed by atoms with Crippen molar-refractivity contribution in [3.63, 3.8) is 0 Å². The third-order valence-electron chi connectivity index (χ3n) is 4.59. The second-order valence-electron chi connectivity index (χ2n) is 6.78. The molecule has 0 aliphatic rings. The van der Waals surface area contributed by atoms with Crippen LogP contribution in [0.2, 0.25) is 0 Å². The summed E-state index contributed by atoms with van der Waals surface area (Å²) in [5, 5.41) is 13.7. The summed E-state index contributed by atoms with van der Waals surface area (Å²) < 4.78 is 1.91. The molecule has 5 heteroatoms. The van der Waals surface area contributed by atoms with Crippen LogP contribution < -0.4 is 4.90 Å². The van der Waals surface area contributed by atoms with Crippen molar-refractivity contribution in [3.8, 4) is 11.4 Å². The summed E-state index contributed by atoms with van der Waals surface area (Å²) in [5.74, 6) is 0.822. The number of nitrogens with zero attached hydrogens (tertiary/aromatic N) is 5.